The van der Waals surface area contributed by atoms with E-state index in [1.54, 1.807) is 0 Å². The van der Waals surface area contributed by atoms with E-state index in [1.165, 1.54) is 25.7 Å². The fraction of sp³-hybridized carbons (Fsp3) is 0.677. The number of hydrogen-bond acceptors (Lipinski definition) is 14. The zero-order chi connectivity index (χ0) is 57.2. The Kier molecular flexibility index (Phi) is 45.4. The second kappa shape index (κ2) is 50.1. The summed E-state index contributed by atoms with van der Waals surface area (Å²) in [6.07, 6.45) is 53.9. The van der Waals surface area contributed by atoms with Crippen LogP contribution in [-0.4, -0.2) is 142 Å². The standard InChI is InChI=1S/C65H106O14/c1-3-5-7-9-11-13-15-17-19-21-23-24-25-26-27-28-29-31-33-35-37-39-41-43-45-47-49-74-51-54(77-57(67)48-46-44-42-40-38-36-34-32-30-22-20-18-16-14-12-10-8-6-4-2)52-75-64-63(73)61(71)59(69)56(79-64)53-76-65-62(72)60(70)58(68)55(50-66)78-65/h5,7,11-14,17-20,23-24,26-27,29-32,35,37,54-56,58-66,68-73H,3-4,6,8-10,15-16,21-22,25,28,33-34,36,38-53H2,1-2H3/b7-5-,13-11-,14-12-,19-17-,20-18-,24-23-,27-26-,31-29-,32-30-,37-35-. The lowest BCUT2D eigenvalue weighted by atomic mass is 9.98. The summed E-state index contributed by atoms with van der Waals surface area (Å²) in [7, 11) is 0. The largest absolute Gasteiger partial charge is 0.457 e. The van der Waals surface area contributed by atoms with Crippen molar-refractivity contribution in [3.8, 4) is 0 Å². The van der Waals surface area contributed by atoms with Gasteiger partial charge in [-0.3, -0.25) is 4.79 Å². The highest BCUT2D eigenvalue weighted by Crippen LogP contribution is 2.26. The summed E-state index contributed by atoms with van der Waals surface area (Å²) < 4.78 is 34.4. The van der Waals surface area contributed by atoms with Crippen LogP contribution in [0, 0.1) is 0 Å². The van der Waals surface area contributed by atoms with Crippen LogP contribution in [0.3, 0.4) is 0 Å². The molecule has 14 heteroatoms. The Morgan fingerprint density at radius 3 is 1.29 bits per heavy atom. The van der Waals surface area contributed by atoms with Crippen LogP contribution in [0.4, 0.5) is 0 Å². The monoisotopic (exact) mass is 1110 g/mol. The summed E-state index contributed by atoms with van der Waals surface area (Å²) >= 11 is 0. The molecule has 0 spiro atoms. The average Bonchev–Trinajstić information content (AvgIpc) is 3.46. The molecule has 2 aliphatic heterocycles. The second-order valence-electron chi connectivity index (χ2n) is 20.4. The van der Waals surface area contributed by atoms with Gasteiger partial charge in [0.05, 0.1) is 26.4 Å². The van der Waals surface area contributed by atoms with Crippen molar-refractivity contribution < 1.29 is 69.0 Å². The van der Waals surface area contributed by atoms with Crippen molar-refractivity contribution in [2.75, 3.05) is 33.0 Å². The molecule has 2 aliphatic rings. The highest BCUT2D eigenvalue weighted by Gasteiger charge is 2.47. The number of allylic oxidation sites excluding steroid dienone is 20. The van der Waals surface area contributed by atoms with Crippen LogP contribution >= 0.6 is 0 Å². The maximum Gasteiger partial charge on any atom is 0.306 e. The number of carbonyl (C=O) groups is 1. The molecular formula is C65H106O14. The first kappa shape index (κ1) is 71.5. The molecule has 0 aromatic heterocycles. The van der Waals surface area contributed by atoms with Crippen molar-refractivity contribution in [1.82, 2.24) is 0 Å². The molecule has 0 amide bonds. The van der Waals surface area contributed by atoms with Crippen LogP contribution in [0.15, 0.2) is 122 Å². The van der Waals surface area contributed by atoms with E-state index >= 15 is 0 Å². The number of esters is 1. The van der Waals surface area contributed by atoms with Crippen LogP contribution in [-0.2, 0) is 33.2 Å². The van der Waals surface area contributed by atoms with Gasteiger partial charge < -0.3 is 64.2 Å². The number of carbonyl (C=O) groups excluding carboxylic acids is 1. The third kappa shape index (κ3) is 36.5. The molecule has 7 N–H and O–H groups in total. The van der Waals surface area contributed by atoms with Crippen LogP contribution in [0.25, 0.3) is 0 Å². The average molecular weight is 1110 g/mol. The first-order chi connectivity index (χ1) is 38.6. The van der Waals surface area contributed by atoms with E-state index < -0.39 is 86.7 Å². The maximum atomic E-state index is 13.1. The topological polar surface area (TPSA) is 214 Å². The highest BCUT2D eigenvalue weighted by atomic mass is 16.7. The van der Waals surface area contributed by atoms with Crippen molar-refractivity contribution in [1.29, 1.82) is 0 Å². The number of aliphatic hydroxyl groups is 7. The number of ether oxygens (including phenoxy) is 6. The minimum Gasteiger partial charge on any atom is -0.457 e. The molecular weight excluding hydrogens is 1000 g/mol. The maximum absolute atomic E-state index is 13.1. The Hall–Kier alpha value is -3.61. The summed E-state index contributed by atoms with van der Waals surface area (Å²) in [4.78, 5) is 13.1. The lowest BCUT2D eigenvalue weighted by molar-refractivity contribution is -0.332. The van der Waals surface area contributed by atoms with Gasteiger partial charge >= 0.3 is 5.97 Å². The van der Waals surface area contributed by atoms with Crippen molar-refractivity contribution in [3.63, 3.8) is 0 Å². The summed E-state index contributed by atoms with van der Waals surface area (Å²) in [5.74, 6) is -0.403. The van der Waals surface area contributed by atoms with E-state index in [2.05, 4.69) is 135 Å². The number of aliphatic hydroxyl groups excluding tert-OH is 7. The zero-order valence-corrected chi connectivity index (χ0v) is 48.3. The molecule has 2 heterocycles. The molecule has 0 bridgehead atoms. The van der Waals surface area contributed by atoms with Crippen LogP contribution in [0.1, 0.15) is 181 Å². The van der Waals surface area contributed by atoms with Crippen molar-refractivity contribution in [3.05, 3.63) is 122 Å². The first-order valence-electron chi connectivity index (χ1n) is 30.1. The summed E-state index contributed by atoms with van der Waals surface area (Å²) in [5.41, 5.74) is 0. The van der Waals surface area contributed by atoms with Gasteiger partial charge in [0.2, 0.25) is 0 Å². The quantitative estimate of drug-likeness (QED) is 0.0172. The number of rotatable bonds is 47. The molecule has 0 aromatic rings. The van der Waals surface area contributed by atoms with Gasteiger partial charge in [-0.2, -0.15) is 0 Å². The number of hydrogen-bond donors (Lipinski definition) is 7. The number of unbranched alkanes of at least 4 members (excludes halogenated alkanes) is 13. The Morgan fingerprint density at radius 1 is 0.430 bits per heavy atom. The van der Waals surface area contributed by atoms with E-state index in [-0.39, 0.29) is 19.6 Å². The van der Waals surface area contributed by atoms with Gasteiger partial charge in [-0.15, -0.1) is 0 Å². The molecule has 0 aliphatic carbocycles. The van der Waals surface area contributed by atoms with E-state index in [0.29, 0.717) is 13.0 Å². The Balaban J connectivity index is 1.73. The fourth-order valence-corrected chi connectivity index (χ4v) is 8.62. The molecule has 14 nitrogen and oxygen atoms in total. The van der Waals surface area contributed by atoms with E-state index in [9.17, 15) is 40.5 Å². The predicted molar refractivity (Wildman–Crippen MR) is 316 cm³/mol. The van der Waals surface area contributed by atoms with Crippen molar-refractivity contribution in [2.24, 2.45) is 0 Å². The molecule has 11 atom stereocenters. The van der Waals surface area contributed by atoms with Crippen LogP contribution < -0.4 is 0 Å². The van der Waals surface area contributed by atoms with Gasteiger partial charge in [-0.25, -0.2) is 0 Å². The smallest absolute Gasteiger partial charge is 0.306 e. The second-order valence-corrected chi connectivity index (χ2v) is 20.4. The van der Waals surface area contributed by atoms with Crippen LogP contribution in [0.5, 0.6) is 0 Å². The normalized spacial score (nSPS) is 24.9. The molecule has 79 heavy (non-hydrogen) atoms. The molecule has 11 unspecified atom stereocenters. The van der Waals surface area contributed by atoms with Crippen molar-refractivity contribution in [2.45, 2.75) is 248 Å². The molecule has 450 valence electrons. The Morgan fingerprint density at radius 2 is 0.823 bits per heavy atom. The fourth-order valence-electron chi connectivity index (χ4n) is 8.62. The molecule has 0 saturated carbocycles. The lowest BCUT2D eigenvalue weighted by Crippen LogP contribution is -2.61. The van der Waals surface area contributed by atoms with Gasteiger partial charge in [0.25, 0.3) is 0 Å². The van der Waals surface area contributed by atoms with Gasteiger partial charge in [0.1, 0.15) is 54.9 Å². The van der Waals surface area contributed by atoms with Gasteiger partial charge in [-0.05, 0) is 109 Å². The first-order valence-corrected chi connectivity index (χ1v) is 30.1. The zero-order valence-electron chi connectivity index (χ0n) is 48.3. The van der Waals surface area contributed by atoms with E-state index in [1.807, 2.05) is 0 Å². The van der Waals surface area contributed by atoms with E-state index in [4.69, 9.17) is 28.4 Å². The molecule has 0 radical (unpaired) electrons. The van der Waals surface area contributed by atoms with Crippen molar-refractivity contribution >= 4 is 5.97 Å². The lowest BCUT2D eigenvalue weighted by Gasteiger charge is -2.42. The highest BCUT2D eigenvalue weighted by molar-refractivity contribution is 5.69. The van der Waals surface area contributed by atoms with Gasteiger partial charge in [0.15, 0.2) is 12.6 Å². The summed E-state index contributed by atoms with van der Waals surface area (Å²) in [5, 5.41) is 72.4. The minimum absolute atomic E-state index is 0.0298. The summed E-state index contributed by atoms with van der Waals surface area (Å²) in [6, 6.07) is 0. The Labute approximate surface area is 476 Å². The third-order valence-corrected chi connectivity index (χ3v) is 13.5. The molecule has 2 fully saturated rings. The van der Waals surface area contributed by atoms with E-state index in [0.717, 1.165) is 128 Å². The predicted octanol–water partition coefficient (Wildman–Crippen LogP) is 11.3. The third-order valence-electron chi connectivity index (χ3n) is 13.5. The van der Waals surface area contributed by atoms with Gasteiger partial charge in [0, 0.05) is 13.0 Å². The molecule has 2 saturated heterocycles. The van der Waals surface area contributed by atoms with Gasteiger partial charge in [-0.1, -0.05) is 187 Å². The SMILES string of the molecule is CC/C=C\C/C=C\C/C=C\C/C=C\C/C=C\C/C=C\C/C=C\CCCCCCOCC(COC1OC(COC2OC(CO)C(O)C(O)C2O)C(O)C(O)C1O)OC(=O)CCCCCCCC/C=C\C/C=C\C/C=C\CCCCC. The van der Waals surface area contributed by atoms with Crippen LogP contribution in [0.2, 0.25) is 0 Å². The minimum atomic E-state index is -1.72. The summed E-state index contributed by atoms with van der Waals surface area (Å²) in [6.45, 7) is 3.44. The Bertz CT molecular complexity index is 1770. The molecule has 2 rings (SSSR count). The molecule has 0 aromatic carbocycles.